The van der Waals surface area contributed by atoms with Gasteiger partial charge in [-0.15, -0.1) is 0 Å². The van der Waals surface area contributed by atoms with Gasteiger partial charge in [0.1, 0.15) is 11.5 Å². The van der Waals surface area contributed by atoms with Crippen molar-refractivity contribution in [2.45, 2.75) is 19.3 Å². The predicted octanol–water partition coefficient (Wildman–Crippen LogP) is 0.194. The SMILES string of the molecule is CN1N=C(C(=O)NC[C@@H](Cc2ccc(F)cc2)C(N)=O)CCC1=O. The third-order valence-corrected chi connectivity index (χ3v) is 3.78. The van der Waals surface area contributed by atoms with Crippen molar-refractivity contribution in [3.63, 3.8) is 0 Å². The minimum Gasteiger partial charge on any atom is -0.369 e. The highest BCUT2D eigenvalue weighted by Crippen LogP contribution is 2.10. The highest BCUT2D eigenvalue weighted by molar-refractivity contribution is 6.39. The summed E-state index contributed by atoms with van der Waals surface area (Å²) in [5, 5.41) is 7.66. The summed E-state index contributed by atoms with van der Waals surface area (Å²) in [6, 6.07) is 5.74. The minimum absolute atomic E-state index is 0.0439. The second-order valence-electron chi connectivity index (χ2n) is 5.60. The number of benzene rings is 1. The highest BCUT2D eigenvalue weighted by Gasteiger charge is 2.23. The van der Waals surface area contributed by atoms with Crippen LogP contribution in [0.25, 0.3) is 0 Å². The molecule has 128 valence electrons. The van der Waals surface area contributed by atoms with Crippen LogP contribution in [0.15, 0.2) is 29.4 Å². The summed E-state index contributed by atoms with van der Waals surface area (Å²) in [5.74, 6) is -2.13. The van der Waals surface area contributed by atoms with E-state index in [1.54, 1.807) is 12.1 Å². The highest BCUT2D eigenvalue weighted by atomic mass is 19.1. The molecule has 0 spiro atoms. The monoisotopic (exact) mass is 334 g/mol. The molecule has 24 heavy (non-hydrogen) atoms. The third-order valence-electron chi connectivity index (χ3n) is 3.78. The molecule has 0 aliphatic carbocycles. The maximum Gasteiger partial charge on any atom is 0.267 e. The molecule has 3 amide bonds. The standard InChI is InChI=1S/C16H19FN4O3/c1-21-14(22)7-6-13(20-21)16(24)19-9-11(15(18)23)8-10-2-4-12(17)5-3-10/h2-5,11H,6-9H2,1H3,(H2,18,23)(H,19,24)/t11-/m1/s1. The van der Waals surface area contributed by atoms with Crippen LogP contribution in [0.1, 0.15) is 18.4 Å². The van der Waals surface area contributed by atoms with Crippen LogP contribution in [0.5, 0.6) is 0 Å². The van der Waals surface area contributed by atoms with Crippen molar-refractivity contribution < 1.29 is 18.8 Å². The average molecular weight is 334 g/mol. The Morgan fingerprint density at radius 2 is 2.00 bits per heavy atom. The van der Waals surface area contributed by atoms with Crippen molar-refractivity contribution in [2.75, 3.05) is 13.6 Å². The fraction of sp³-hybridized carbons (Fsp3) is 0.375. The van der Waals surface area contributed by atoms with Gasteiger partial charge in [-0.2, -0.15) is 5.10 Å². The lowest BCUT2D eigenvalue weighted by atomic mass is 9.98. The van der Waals surface area contributed by atoms with Crippen LogP contribution in [0.4, 0.5) is 4.39 Å². The van der Waals surface area contributed by atoms with Gasteiger partial charge in [0.15, 0.2) is 0 Å². The number of hydrogen-bond acceptors (Lipinski definition) is 4. The fourth-order valence-electron chi connectivity index (χ4n) is 2.33. The normalized spacial score (nSPS) is 15.7. The van der Waals surface area contributed by atoms with Gasteiger partial charge in [0, 0.05) is 26.4 Å². The van der Waals surface area contributed by atoms with Gasteiger partial charge in [0.05, 0.1) is 5.92 Å². The van der Waals surface area contributed by atoms with Crippen LogP contribution in [0, 0.1) is 11.7 Å². The molecule has 0 bridgehead atoms. The maximum atomic E-state index is 12.9. The number of hydrazone groups is 1. The summed E-state index contributed by atoms with van der Waals surface area (Å²) < 4.78 is 12.9. The summed E-state index contributed by atoms with van der Waals surface area (Å²) in [5.41, 5.74) is 6.36. The van der Waals surface area contributed by atoms with E-state index >= 15 is 0 Å². The molecule has 1 aliphatic heterocycles. The van der Waals surface area contributed by atoms with Crippen molar-refractivity contribution in [3.05, 3.63) is 35.6 Å². The smallest absolute Gasteiger partial charge is 0.267 e. The maximum absolute atomic E-state index is 12.9. The lowest BCUT2D eigenvalue weighted by Gasteiger charge is -2.20. The molecule has 3 N–H and O–H groups in total. The second kappa shape index (κ2) is 7.67. The van der Waals surface area contributed by atoms with Gasteiger partial charge >= 0.3 is 0 Å². The number of nitrogens with zero attached hydrogens (tertiary/aromatic N) is 2. The number of carbonyl (C=O) groups excluding carboxylic acids is 3. The number of primary amides is 1. The van der Waals surface area contributed by atoms with Crippen molar-refractivity contribution in [2.24, 2.45) is 16.8 Å². The molecular formula is C16H19FN4O3. The molecule has 0 unspecified atom stereocenters. The molecule has 1 aromatic carbocycles. The van der Waals surface area contributed by atoms with Crippen LogP contribution >= 0.6 is 0 Å². The van der Waals surface area contributed by atoms with E-state index in [4.69, 9.17) is 5.73 Å². The van der Waals surface area contributed by atoms with Gasteiger partial charge < -0.3 is 11.1 Å². The van der Waals surface area contributed by atoms with E-state index in [1.165, 1.54) is 19.2 Å². The van der Waals surface area contributed by atoms with Crippen LogP contribution in [0.2, 0.25) is 0 Å². The first-order valence-electron chi connectivity index (χ1n) is 7.53. The summed E-state index contributed by atoms with van der Waals surface area (Å²) in [6.45, 7) is 0.0439. The molecule has 2 rings (SSSR count). The Balaban J connectivity index is 1.95. The Morgan fingerprint density at radius 1 is 1.33 bits per heavy atom. The van der Waals surface area contributed by atoms with Gasteiger partial charge in [-0.25, -0.2) is 9.40 Å². The van der Waals surface area contributed by atoms with E-state index in [0.29, 0.717) is 6.42 Å². The number of rotatable bonds is 6. The van der Waals surface area contributed by atoms with E-state index in [2.05, 4.69) is 10.4 Å². The first-order chi connectivity index (χ1) is 11.4. The Kier molecular flexibility index (Phi) is 5.62. The molecule has 1 aromatic rings. The summed E-state index contributed by atoms with van der Waals surface area (Å²) in [4.78, 5) is 35.0. The zero-order valence-electron chi connectivity index (χ0n) is 13.3. The van der Waals surface area contributed by atoms with Crippen LogP contribution < -0.4 is 11.1 Å². The summed E-state index contributed by atoms with van der Waals surface area (Å²) in [7, 11) is 1.48. The lowest BCUT2D eigenvalue weighted by Crippen LogP contribution is -2.42. The quantitative estimate of drug-likeness (QED) is 0.776. The molecule has 0 saturated heterocycles. The molecule has 8 heteroatoms. The number of halogens is 1. The van der Waals surface area contributed by atoms with Gasteiger partial charge in [-0.1, -0.05) is 12.1 Å². The molecule has 0 fully saturated rings. The molecular weight excluding hydrogens is 315 g/mol. The Morgan fingerprint density at radius 3 is 2.58 bits per heavy atom. The Hall–Kier alpha value is -2.77. The zero-order valence-corrected chi connectivity index (χ0v) is 13.3. The largest absolute Gasteiger partial charge is 0.369 e. The van der Waals surface area contributed by atoms with E-state index in [9.17, 15) is 18.8 Å². The number of amides is 3. The fourth-order valence-corrected chi connectivity index (χ4v) is 2.33. The minimum atomic E-state index is -0.622. The number of hydrogen-bond donors (Lipinski definition) is 2. The molecule has 0 aromatic heterocycles. The van der Waals surface area contributed by atoms with E-state index < -0.39 is 17.7 Å². The van der Waals surface area contributed by atoms with Gasteiger partial charge in [0.2, 0.25) is 11.8 Å². The molecule has 1 aliphatic rings. The number of carbonyl (C=O) groups is 3. The molecule has 1 heterocycles. The topological polar surface area (TPSA) is 105 Å². The van der Waals surface area contributed by atoms with Crippen molar-refractivity contribution >= 4 is 23.4 Å². The molecule has 0 saturated carbocycles. The zero-order chi connectivity index (χ0) is 17.7. The first-order valence-corrected chi connectivity index (χ1v) is 7.53. The van der Waals surface area contributed by atoms with Crippen molar-refractivity contribution in [1.82, 2.24) is 10.3 Å². The van der Waals surface area contributed by atoms with Crippen LogP contribution in [0.3, 0.4) is 0 Å². The number of nitrogens with one attached hydrogen (secondary N) is 1. The van der Waals surface area contributed by atoms with Gasteiger partial charge in [0.25, 0.3) is 5.91 Å². The summed E-state index contributed by atoms with van der Waals surface area (Å²) >= 11 is 0. The second-order valence-corrected chi connectivity index (χ2v) is 5.60. The predicted molar refractivity (Wildman–Crippen MR) is 85.2 cm³/mol. The average Bonchev–Trinajstić information content (AvgIpc) is 2.55. The van der Waals surface area contributed by atoms with Gasteiger partial charge in [-0.05, 0) is 24.1 Å². The van der Waals surface area contributed by atoms with Crippen molar-refractivity contribution in [3.8, 4) is 0 Å². The molecule has 0 radical (unpaired) electrons. The van der Waals surface area contributed by atoms with Gasteiger partial charge in [-0.3, -0.25) is 14.4 Å². The molecule has 1 atom stereocenters. The Bertz CT molecular complexity index is 672. The third kappa shape index (κ3) is 4.61. The number of nitrogens with two attached hydrogens (primary N) is 1. The lowest BCUT2D eigenvalue weighted by molar-refractivity contribution is -0.130. The van der Waals surface area contributed by atoms with E-state index in [-0.39, 0.29) is 36.8 Å². The van der Waals surface area contributed by atoms with Crippen molar-refractivity contribution in [1.29, 1.82) is 0 Å². The van der Waals surface area contributed by atoms with Crippen LogP contribution in [-0.4, -0.2) is 42.0 Å². The summed E-state index contributed by atoms with van der Waals surface area (Å²) in [6.07, 6.45) is 0.770. The molecule has 7 nitrogen and oxygen atoms in total. The van der Waals surface area contributed by atoms with E-state index in [1.807, 2.05) is 0 Å². The van der Waals surface area contributed by atoms with E-state index in [0.717, 1.165) is 10.6 Å². The Labute approximate surface area is 138 Å². The van der Waals surface area contributed by atoms with Crippen LogP contribution in [-0.2, 0) is 20.8 Å². The first kappa shape index (κ1) is 17.6.